The van der Waals surface area contributed by atoms with Crippen LogP contribution >= 0.6 is 0 Å². The molecular weight excluding hydrogens is 857 g/mol. The molecular formula is C50H76N4O9Si2. The molecule has 6 rings (SSSR count). The fraction of sp³-hybridized carbons (Fsp3) is 0.620. The number of amides is 3. The number of nitrogens with zero attached hydrogens (tertiary/aromatic N) is 4. The van der Waals surface area contributed by atoms with Crippen molar-refractivity contribution in [2.45, 2.75) is 168 Å². The molecule has 0 bridgehead atoms. The first kappa shape index (κ1) is 50.4. The lowest BCUT2D eigenvalue weighted by Gasteiger charge is -2.35. The highest BCUT2D eigenvalue weighted by atomic mass is 28.3. The highest BCUT2D eigenvalue weighted by molar-refractivity contribution is 6.76. The molecule has 4 heterocycles. The second kappa shape index (κ2) is 18.2. The summed E-state index contributed by atoms with van der Waals surface area (Å²) in [5.74, 6) is -0.212. The molecule has 0 spiro atoms. The number of para-hydroxylation sites is 2. The lowest BCUT2D eigenvalue weighted by Crippen LogP contribution is -2.50. The zero-order valence-electron chi connectivity index (χ0n) is 42.1. The molecule has 0 unspecified atom stereocenters. The van der Waals surface area contributed by atoms with Gasteiger partial charge in [0, 0.05) is 46.5 Å². The Morgan fingerprint density at radius 2 is 1.35 bits per heavy atom. The standard InChI is InChI=1S/C50H76N4O9Si2/c1-46(2,3)62-44(56)53-36(31-60-48(53,7)8)28-35-30-51(33-58-24-26-64(11,12)13)42-38(35)20-19-22-40(42)50(29-37-32-61-49(9,10)54(37)45(57)63-47(4,5)6)39-21-17-18-23-41(39)52(43(50)55)34-59-25-27-65(14,15)16/h17-23,29-30,36H,24-28,31-34H2,1-16H3/b37-29+/t36-,50+/m0/s1. The predicted molar refractivity (Wildman–Crippen MR) is 262 cm³/mol. The lowest BCUT2D eigenvalue weighted by molar-refractivity contribution is -0.121. The van der Waals surface area contributed by atoms with Crippen molar-refractivity contribution in [3.8, 4) is 0 Å². The summed E-state index contributed by atoms with van der Waals surface area (Å²) in [4.78, 5) is 49.0. The monoisotopic (exact) mass is 933 g/mol. The second-order valence-electron chi connectivity index (χ2n) is 23.2. The van der Waals surface area contributed by atoms with Gasteiger partial charge < -0.3 is 33.0 Å². The number of anilines is 1. The number of rotatable bonds is 14. The summed E-state index contributed by atoms with van der Waals surface area (Å²) in [5, 5.41) is 0.907. The van der Waals surface area contributed by atoms with Crippen LogP contribution in [-0.4, -0.2) is 110 Å². The van der Waals surface area contributed by atoms with Gasteiger partial charge in [-0.1, -0.05) is 75.7 Å². The second-order valence-corrected chi connectivity index (χ2v) is 34.5. The number of fused-ring (bicyclic) bond motifs is 2. The fourth-order valence-electron chi connectivity index (χ4n) is 8.87. The Labute approximate surface area is 389 Å². The van der Waals surface area contributed by atoms with Gasteiger partial charge in [-0.25, -0.2) is 9.59 Å². The van der Waals surface area contributed by atoms with E-state index in [1.807, 2.05) is 112 Å². The highest BCUT2D eigenvalue weighted by Gasteiger charge is 2.55. The molecule has 2 fully saturated rings. The largest absolute Gasteiger partial charge is 0.444 e. The molecule has 3 aliphatic rings. The molecule has 0 N–H and O–H groups in total. The summed E-state index contributed by atoms with van der Waals surface area (Å²) >= 11 is 0. The van der Waals surface area contributed by atoms with Crippen molar-refractivity contribution >= 4 is 50.8 Å². The van der Waals surface area contributed by atoms with Gasteiger partial charge >= 0.3 is 12.2 Å². The molecule has 2 saturated heterocycles. The van der Waals surface area contributed by atoms with Gasteiger partial charge in [0.15, 0.2) is 0 Å². The van der Waals surface area contributed by atoms with E-state index < -0.39 is 56.4 Å². The summed E-state index contributed by atoms with van der Waals surface area (Å²) in [6.45, 7) is 34.2. The fourth-order valence-corrected chi connectivity index (χ4v) is 10.4. The van der Waals surface area contributed by atoms with E-state index in [9.17, 15) is 9.59 Å². The van der Waals surface area contributed by atoms with Gasteiger partial charge in [-0.3, -0.25) is 19.5 Å². The van der Waals surface area contributed by atoms with Crippen LogP contribution in [0.4, 0.5) is 15.3 Å². The molecule has 3 aliphatic heterocycles. The van der Waals surface area contributed by atoms with Crippen LogP contribution in [0.3, 0.4) is 0 Å². The first-order valence-corrected chi connectivity index (χ1v) is 30.6. The Balaban J connectivity index is 1.58. The maximum atomic E-state index is 16.0. The SMILES string of the molecule is CC(C)(C)OC(=O)N1/C(=C/[C@@]2(c3cccc4c(C[C@H]5COC(C)(C)N5C(=O)OC(C)(C)C)cn(COCC[Si](C)(C)C)c34)C(=O)N(COCC[Si](C)(C)C)c3ccccc32)COC1(C)C. The third-order valence-electron chi connectivity index (χ3n) is 12.0. The average Bonchev–Trinajstić information content (AvgIpc) is 3.84. The molecule has 2 atom stereocenters. The van der Waals surface area contributed by atoms with Crippen LogP contribution in [0.1, 0.15) is 85.9 Å². The minimum Gasteiger partial charge on any atom is -0.444 e. The first-order valence-electron chi connectivity index (χ1n) is 23.2. The minimum absolute atomic E-state index is 0.0586. The summed E-state index contributed by atoms with van der Waals surface area (Å²) in [5.41, 5.74) is -0.448. The maximum absolute atomic E-state index is 16.0. The van der Waals surface area contributed by atoms with E-state index in [0.717, 1.165) is 39.8 Å². The first-order chi connectivity index (χ1) is 29.9. The minimum atomic E-state index is -1.47. The Morgan fingerprint density at radius 1 is 0.769 bits per heavy atom. The van der Waals surface area contributed by atoms with Gasteiger partial charge in [-0.15, -0.1) is 0 Å². The topological polar surface area (TPSA) is 121 Å². The molecule has 1 aromatic heterocycles. The van der Waals surface area contributed by atoms with Crippen LogP contribution in [0.2, 0.25) is 51.4 Å². The highest BCUT2D eigenvalue weighted by Crippen LogP contribution is 2.51. The van der Waals surface area contributed by atoms with Crippen molar-refractivity contribution in [2.75, 3.05) is 38.1 Å². The molecule has 3 aromatic rings. The molecule has 13 nitrogen and oxygen atoms in total. The number of aromatic nitrogens is 1. The zero-order valence-corrected chi connectivity index (χ0v) is 44.1. The van der Waals surface area contributed by atoms with Crippen LogP contribution in [0, 0.1) is 0 Å². The predicted octanol–water partition coefficient (Wildman–Crippen LogP) is 10.7. The van der Waals surface area contributed by atoms with E-state index in [1.54, 1.807) is 14.7 Å². The summed E-state index contributed by atoms with van der Waals surface area (Å²) in [6.07, 6.45) is 3.47. The molecule has 358 valence electrons. The maximum Gasteiger partial charge on any atom is 0.416 e. The normalized spacial score (nSPS) is 21.8. The van der Waals surface area contributed by atoms with Crippen LogP contribution in [-0.2, 0) is 51.8 Å². The quantitative estimate of drug-likeness (QED) is 0.115. The van der Waals surface area contributed by atoms with Crippen molar-refractivity contribution in [1.82, 2.24) is 14.4 Å². The van der Waals surface area contributed by atoms with E-state index in [2.05, 4.69) is 56.1 Å². The number of carbonyl (C=O) groups is 3. The van der Waals surface area contributed by atoms with Gasteiger partial charge in [0.05, 0.1) is 36.2 Å². The van der Waals surface area contributed by atoms with Crippen LogP contribution < -0.4 is 4.90 Å². The van der Waals surface area contributed by atoms with Gasteiger partial charge in [-0.2, -0.15) is 0 Å². The Hall–Kier alpha value is -4.00. The van der Waals surface area contributed by atoms with Gasteiger partial charge in [0.2, 0.25) is 5.91 Å². The molecule has 3 amide bonds. The van der Waals surface area contributed by atoms with E-state index in [-0.39, 0.29) is 32.0 Å². The van der Waals surface area contributed by atoms with Gasteiger partial charge in [0.1, 0.15) is 41.5 Å². The third-order valence-corrected chi connectivity index (χ3v) is 15.4. The van der Waals surface area contributed by atoms with Crippen molar-refractivity contribution in [3.05, 3.63) is 77.1 Å². The third kappa shape index (κ3) is 11.2. The number of hydrogen-bond donors (Lipinski definition) is 0. The molecule has 0 saturated carbocycles. The lowest BCUT2D eigenvalue weighted by atomic mass is 9.73. The van der Waals surface area contributed by atoms with Crippen molar-refractivity contribution in [2.24, 2.45) is 0 Å². The molecule has 0 aliphatic carbocycles. The van der Waals surface area contributed by atoms with Crippen LogP contribution in [0.15, 0.2) is 60.4 Å². The summed E-state index contributed by atoms with van der Waals surface area (Å²) in [7, 11) is -2.86. The smallest absolute Gasteiger partial charge is 0.416 e. The zero-order chi connectivity index (χ0) is 48.1. The molecule has 65 heavy (non-hydrogen) atoms. The summed E-state index contributed by atoms with van der Waals surface area (Å²) < 4.78 is 39.5. The number of benzene rings is 2. The van der Waals surface area contributed by atoms with E-state index in [1.165, 1.54) is 0 Å². The van der Waals surface area contributed by atoms with E-state index >= 15 is 4.79 Å². The van der Waals surface area contributed by atoms with Crippen LogP contribution in [0.25, 0.3) is 10.9 Å². The van der Waals surface area contributed by atoms with Crippen molar-refractivity contribution < 1.29 is 42.8 Å². The van der Waals surface area contributed by atoms with Gasteiger partial charge in [-0.05, 0) is 111 Å². The van der Waals surface area contributed by atoms with Crippen molar-refractivity contribution in [1.29, 1.82) is 0 Å². The Morgan fingerprint density at radius 3 is 1.97 bits per heavy atom. The van der Waals surface area contributed by atoms with E-state index in [0.29, 0.717) is 37.5 Å². The Kier molecular flexibility index (Phi) is 14.2. The Bertz CT molecular complexity index is 2280. The van der Waals surface area contributed by atoms with Gasteiger partial charge in [0.25, 0.3) is 0 Å². The van der Waals surface area contributed by atoms with Crippen molar-refractivity contribution in [3.63, 3.8) is 0 Å². The number of carbonyl (C=O) groups excluding carboxylic acids is 3. The molecule has 15 heteroatoms. The average molecular weight is 933 g/mol. The number of ether oxygens (including phenoxy) is 6. The summed E-state index contributed by atoms with van der Waals surface area (Å²) in [6, 6.07) is 15.5. The van der Waals surface area contributed by atoms with Crippen LogP contribution in [0.5, 0.6) is 0 Å². The van der Waals surface area contributed by atoms with E-state index in [4.69, 9.17) is 28.4 Å². The number of hydrogen-bond acceptors (Lipinski definition) is 9. The molecule has 2 aromatic carbocycles. The molecule has 0 radical (unpaired) electrons.